The normalized spacial score (nSPS) is 18.0. The first-order valence-corrected chi connectivity index (χ1v) is 6.77. The van der Waals surface area contributed by atoms with E-state index >= 15 is 0 Å². The zero-order chi connectivity index (χ0) is 13.3. The summed E-state index contributed by atoms with van der Waals surface area (Å²) in [4.78, 5) is 19.6. The Bertz CT molecular complexity index is 485. The van der Waals surface area contributed by atoms with Crippen LogP contribution in [0, 0.1) is 5.41 Å². The van der Waals surface area contributed by atoms with Crippen LogP contribution in [0.3, 0.4) is 0 Å². The molecule has 0 amide bonds. The molecule has 0 fully saturated rings. The van der Waals surface area contributed by atoms with Crippen LogP contribution >= 0.6 is 0 Å². The summed E-state index contributed by atoms with van der Waals surface area (Å²) in [6, 6.07) is -0.237. The molecule has 1 aliphatic rings. The Morgan fingerprint density at radius 3 is 2.56 bits per heavy atom. The third-order valence-electron chi connectivity index (χ3n) is 3.69. The fraction of sp³-hybridized carbons (Fsp3) is 0.714. The van der Waals surface area contributed by atoms with Gasteiger partial charge in [-0.15, -0.1) is 0 Å². The number of nitrogens with one attached hydrogen (secondary N) is 1. The van der Waals surface area contributed by atoms with Crippen LogP contribution in [0.15, 0.2) is 4.79 Å². The Morgan fingerprint density at radius 2 is 1.89 bits per heavy atom. The number of nitrogens with two attached hydrogens (primary N) is 1. The smallest absolute Gasteiger partial charge is 0.254 e. The summed E-state index contributed by atoms with van der Waals surface area (Å²) in [6.45, 7) is 6.18. The molecule has 0 radical (unpaired) electrons. The second-order valence-corrected chi connectivity index (χ2v) is 6.28. The molecule has 1 aliphatic carbocycles. The van der Waals surface area contributed by atoms with Crippen LogP contribution in [-0.4, -0.2) is 9.97 Å². The minimum absolute atomic E-state index is 0.0107. The lowest BCUT2D eigenvalue weighted by atomic mass is 9.87. The average Bonchev–Trinajstić information content (AvgIpc) is 2.52. The van der Waals surface area contributed by atoms with Crippen molar-refractivity contribution in [2.45, 2.75) is 58.9 Å². The highest BCUT2D eigenvalue weighted by Gasteiger charge is 2.26. The molecule has 2 rings (SSSR count). The number of H-pyrrole nitrogens is 1. The fourth-order valence-electron chi connectivity index (χ4n) is 2.36. The average molecular weight is 249 g/mol. The highest BCUT2D eigenvalue weighted by Crippen LogP contribution is 2.28. The van der Waals surface area contributed by atoms with Gasteiger partial charge in [0.25, 0.3) is 5.56 Å². The Kier molecular flexibility index (Phi) is 3.57. The number of hydrogen-bond donors (Lipinski definition) is 2. The van der Waals surface area contributed by atoms with Gasteiger partial charge in [0.15, 0.2) is 0 Å². The molecule has 0 saturated carbocycles. The summed E-state index contributed by atoms with van der Waals surface area (Å²) in [5, 5.41) is 0. The minimum Gasteiger partial charge on any atom is -0.321 e. The molecular formula is C14H23N3O. The van der Waals surface area contributed by atoms with E-state index in [9.17, 15) is 4.79 Å². The van der Waals surface area contributed by atoms with Gasteiger partial charge in [-0.2, -0.15) is 0 Å². The SMILES string of the molecule is CC(C)(C)C(N)c1nc2c(c(=O)[nH]1)CCCCC2. The van der Waals surface area contributed by atoms with Crippen molar-refractivity contribution in [1.82, 2.24) is 9.97 Å². The quantitative estimate of drug-likeness (QED) is 0.748. The molecule has 0 saturated heterocycles. The largest absolute Gasteiger partial charge is 0.321 e. The Balaban J connectivity index is 2.44. The molecule has 1 aromatic rings. The number of rotatable bonds is 1. The summed E-state index contributed by atoms with van der Waals surface area (Å²) in [5.74, 6) is 0.633. The molecule has 1 heterocycles. The van der Waals surface area contributed by atoms with Crippen LogP contribution < -0.4 is 11.3 Å². The van der Waals surface area contributed by atoms with Gasteiger partial charge in [0.2, 0.25) is 0 Å². The molecule has 0 spiro atoms. The molecule has 0 aromatic carbocycles. The van der Waals surface area contributed by atoms with E-state index in [2.05, 4.69) is 30.7 Å². The molecule has 1 atom stereocenters. The Morgan fingerprint density at radius 1 is 1.22 bits per heavy atom. The number of fused-ring (bicyclic) bond motifs is 1. The first-order valence-electron chi connectivity index (χ1n) is 6.77. The lowest BCUT2D eigenvalue weighted by Crippen LogP contribution is -2.31. The molecule has 0 bridgehead atoms. The van der Waals surface area contributed by atoms with E-state index in [0.29, 0.717) is 5.82 Å². The summed E-state index contributed by atoms with van der Waals surface area (Å²) in [6.07, 6.45) is 5.14. The van der Waals surface area contributed by atoms with Crippen molar-refractivity contribution in [3.63, 3.8) is 0 Å². The van der Waals surface area contributed by atoms with Crippen LogP contribution in [-0.2, 0) is 12.8 Å². The van der Waals surface area contributed by atoms with Crippen LogP contribution in [0.5, 0.6) is 0 Å². The van der Waals surface area contributed by atoms with E-state index in [1.807, 2.05) is 0 Å². The van der Waals surface area contributed by atoms with E-state index in [-0.39, 0.29) is 17.0 Å². The molecule has 1 aromatic heterocycles. The van der Waals surface area contributed by atoms with Gasteiger partial charge in [-0.3, -0.25) is 4.79 Å². The van der Waals surface area contributed by atoms with Crippen molar-refractivity contribution < 1.29 is 0 Å². The third-order valence-corrected chi connectivity index (χ3v) is 3.69. The summed E-state index contributed by atoms with van der Waals surface area (Å²) in [5.41, 5.74) is 7.93. The van der Waals surface area contributed by atoms with Crippen molar-refractivity contribution in [1.29, 1.82) is 0 Å². The summed E-state index contributed by atoms with van der Waals surface area (Å²) in [7, 11) is 0. The van der Waals surface area contributed by atoms with Crippen LogP contribution in [0.1, 0.15) is 63.2 Å². The van der Waals surface area contributed by atoms with Crippen molar-refractivity contribution in [2.24, 2.45) is 11.1 Å². The standard InChI is InChI=1S/C14H23N3O/c1-14(2,3)11(15)12-16-10-8-6-4-5-7-9(10)13(18)17-12/h11H,4-8,15H2,1-3H3,(H,16,17,18). The minimum atomic E-state index is -0.237. The van der Waals surface area contributed by atoms with Crippen molar-refractivity contribution in [2.75, 3.05) is 0 Å². The van der Waals surface area contributed by atoms with Crippen molar-refractivity contribution >= 4 is 0 Å². The van der Waals surface area contributed by atoms with Gasteiger partial charge in [0.1, 0.15) is 5.82 Å². The molecule has 1 unspecified atom stereocenters. The molecule has 4 heteroatoms. The van der Waals surface area contributed by atoms with E-state index in [4.69, 9.17) is 5.73 Å². The molecule has 3 N–H and O–H groups in total. The van der Waals surface area contributed by atoms with Gasteiger partial charge < -0.3 is 10.7 Å². The van der Waals surface area contributed by atoms with Gasteiger partial charge in [0, 0.05) is 5.56 Å². The highest BCUT2D eigenvalue weighted by molar-refractivity contribution is 5.20. The van der Waals surface area contributed by atoms with Gasteiger partial charge in [-0.1, -0.05) is 27.2 Å². The van der Waals surface area contributed by atoms with Crippen LogP contribution in [0.25, 0.3) is 0 Å². The Labute approximate surface area is 108 Å². The van der Waals surface area contributed by atoms with E-state index < -0.39 is 0 Å². The second kappa shape index (κ2) is 4.84. The van der Waals surface area contributed by atoms with Crippen molar-refractivity contribution in [3.05, 3.63) is 27.4 Å². The first kappa shape index (κ1) is 13.3. The predicted molar refractivity (Wildman–Crippen MR) is 72.5 cm³/mol. The molecular weight excluding hydrogens is 226 g/mol. The second-order valence-electron chi connectivity index (χ2n) is 6.28. The van der Waals surface area contributed by atoms with Crippen LogP contribution in [0.4, 0.5) is 0 Å². The maximum Gasteiger partial charge on any atom is 0.254 e. The van der Waals surface area contributed by atoms with E-state index in [1.54, 1.807) is 0 Å². The third kappa shape index (κ3) is 2.64. The van der Waals surface area contributed by atoms with Crippen LogP contribution in [0.2, 0.25) is 0 Å². The van der Waals surface area contributed by atoms with Gasteiger partial charge in [-0.25, -0.2) is 4.98 Å². The predicted octanol–water partition coefficient (Wildman–Crippen LogP) is 2.08. The van der Waals surface area contributed by atoms with Gasteiger partial charge >= 0.3 is 0 Å². The number of aromatic amines is 1. The molecule has 4 nitrogen and oxygen atoms in total. The summed E-state index contributed by atoms with van der Waals surface area (Å²) >= 11 is 0. The molecule has 0 aliphatic heterocycles. The topological polar surface area (TPSA) is 71.8 Å². The zero-order valence-corrected chi connectivity index (χ0v) is 11.5. The number of hydrogen-bond acceptors (Lipinski definition) is 3. The lowest BCUT2D eigenvalue weighted by Gasteiger charge is -2.26. The highest BCUT2D eigenvalue weighted by atomic mass is 16.1. The monoisotopic (exact) mass is 249 g/mol. The number of nitrogens with zero attached hydrogens (tertiary/aromatic N) is 1. The van der Waals surface area contributed by atoms with E-state index in [1.165, 1.54) is 6.42 Å². The first-order chi connectivity index (χ1) is 8.39. The lowest BCUT2D eigenvalue weighted by molar-refractivity contribution is 0.314. The maximum absolute atomic E-state index is 12.1. The van der Waals surface area contributed by atoms with Gasteiger partial charge in [0.05, 0.1) is 11.7 Å². The summed E-state index contributed by atoms with van der Waals surface area (Å²) < 4.78 is 0. The number of aryl methyl sites for hydroxylation is 1. The fourth-order valence-corrected chi connectivity index (χ4v) is 2.36. The van der Waals surface area contributed by atoms with E-state index in [0.717, 1.165) is 36.9 Å². The van der Waals surface area contributed by atoms with Crippen molar-refractivity contribution in [3.8, 4) is 0 Å². The molecule has 18 heavy (non-hydrogen) atoms. The number of aromatic nitrogens is 2. The maximum atomic E-state index is 12.1. The zero-order valence-electron chi connectivity index (χ0n) is 11.5. The Hall–Kier alpha value is -1.16. The van der Waals surface area contributed by atoms with Gasteiger partial charge in [-0.05, 0) is 31.1 Å². The molecule has 100 valence electrons.